The molecule has 1 unspecified atom stereocenters. The molecular weight excluding hydrogens is 238 g/mol. The van der Waals surface area contributed by atoms with E-state index in [0.717, 1.165) is 24.5 Å². The van der Waals surface area contributed by atoms with Crippen LogP contribution in [-0.4, -0.2) is 47.2 Å². The molecule has 2 fully saturated rings. The van der Waals surface area contributed by atoms with Crippen LogP contribution in [0.4, 0.5) is 5.82 Å². The van der Waals surface area contributed by atoms with Crippen LogP contribution in [0.2, 0.25) is 0 Å². The van der Waals surface area contributed by atoms with Gasteiger partial charge in [0, 0.05) is 25.3 Å². The van der Waals surface area contributed by atoms with Crippen LogP contribution in [0.3, 0.4) is 0 Å². The van der Waals surface area contributed by atoms with Gasteiger partial charge in [0.15, 0.2) is 0 Å². The Morgan fingerprint density at radius 3 is 2.68 bits per heavy atom. The lowest BCUT2D eigenvalue weighted by atomic mass is 10.1. The van der Waals surface area contributed by atoms with Gasteiger partial charge in [-0.25, -0.2) is 4.98 Å². The van der Waals surface area contributed by atoms with Gasteiger partial charge >= 0.3 is 0 Å². The smallest absolute Gasteiger partial charge is 0.128 e. The molecule has 2 aliphatic rings. The molecule has 3 rings (SSSR count). The van der Waals surface area contributed by atoms with Crippen molar-refractivity contribution in [2.75, 3.05) is 31.1 Å². The van der Waals surface area contributed by atoms with Gasteiger partial charge in [-0.3, -0.25) is 4.90 Å². The third-order valence-electron chi connectivity index (χ3n) is 4.39. The monoisotopic (exact) mass is 261 g/mol. The van der Waals surface area contributed by atoms with E-state index in [1.54, 1.807) is 6.20 Å². The number of pyridine rings is 1. The first-order valence-electron chi connectivity index (χ1n) is 7.41. The van der Waals surface area contributed by atoms with E-state index < -0.39 is 0 Å². The molecule has 104 valence electrons. The Morgan fingerprint density at radius 2 is 2.00 bits per heavy atom. The van der Waals surface area contributed by atoms with Gasteiger partial charge in [0.25, 0.3) is 0 Å². The normalized spacial score (nSPS) is 24.9. The molecule has 0 aliphatic carbocycles. The lowest BCUT2D eigenvalue weighted by molar-refractivity contribution is 0.175. The van der Waals surface area contributed by atoms with Gasteiger partial charge in [-0.2, -0.15) is 0 Å². The molecule has 4 nitrogen and oxygen atoms in total. The fourth-order valence-corrected chi connectivity index (χ4v) is 3.23. The summed E-state index contributed by atoms with van der Waals surface area (Å²) in [7, 11) is 0. The first-order valence-corrected chi connectivity index (χ1v) is 7.41. The number of aliphatic hydroxyl groups excluding tert-OH is 1. The van der Waals surface area contributed by atoms with E-state index in [4.69, 9.17) is 5.11 Å². The molecule has 1 aromatic heterocycles. The van der Waals surface area contributed by atoms with Crippen LogP contribution in [0.15, 0.2) is 18.3 Å². The summed E-state index contributed by atoms with van der Waals surface area (Å²) in [4.78, 5) is 9.49. The van der Waals surface area contributed by atoms with Gasteiger partial charge in [0.1, 0.15) is 5.82 Å². The quantitative estimate of drug-likeness (QED) is 0.898. The van der Waals surface area contributed by atoms with Crippen LogP contribution in [0.1, 0.15) is 31.2 Å². The minimum atomic E-state index is 0.0731. The summed E-state index contributed by atoms with van der Waals surface area (Å²) in [6.07, 6.45) is 7.16. The molecule has 1 N–H and O–H groups in total. The van der Waals surface area contributed by atoms with Crippen molar-refractivity contribution in [2.45, 2.75) is 38.3 Å². The standard InChI is InChI=1S/C15H23N3O/c19-12-13-4-5-15(16-10-13)18-9-6-14(11-18)17-7-2-1-3-8-17/h4-5,10,14,19H,1-3,6-9,11-12H2. The van der Waals surface area contributed by atoms with Crippen LogP contribution >= 0.6 is 0 Å². The average Bonchev–Trinajstić information content (AvgIpc) is 2.98. The highest BCUT2D eigenvalue weighted by Gasteiger charge is 2.28. The zero-order chi connectivity index (χ0) is 13.1. The summed E-state index contributed by atoms with van der Waals surface area (Å²) in [6, 6.07) is 4.71. The molecule has 19 heavy (non-hydrogen) atoms. The Kier molecular flexibility index (Phi) is 3.99. The Morgan fingerprint density at radius 1 is 1.16 bits per heavy atom. The number of likely N-dealkylation sites (tertiary alicyclic amines) is 1. The number of hydrogen-bond donors (Lipinski definition) is 1. The molecule has 0 amide bonds. The highest BCUT2D eigenvalue weighted by Crippen LogP contribution is 2.23. The number of aliphatic hydroxyl groups is 1. The van der Waals surface area contributed by atoms with Crippen molar-refractivity contribution in [1.82, 2.24) is 9.88 Å². The predicted octanol–water partition coefficient (Wildman–Crippen LogP) is 1.64. The van der Waals surface area contributed by atoms with Crippen molar-refractivity contribution >= 4 is 5.82 Å². The molecule has 4 heteroatoms. The number of piperidine rings is 1. The van der Waals surface area contributed by atoms with Gasteiger partial charge in [0.2, 0.25) is 0 Å². The van der Waals surface area contributed by atoms with Crippen LogP contribution in [0.5, 0.6) is 0 Å². The van der Waals surface area contributed by atoms with Crippen molar-refractivity contribution in [3.05, 3.63) is 23.9 Å². The van der Waals surface area contributed by atoms with Crippen LogP contribution < -0.4 is 4.90 Å². The third kappa shape index (κ3) is 2.90. The highest BCUT2D eigenvalue weighted by atomic mass is 16.3. The molecule has 1 aromatic rings. The first kappa shape index (κ1) is 12.9. The van der Waals surface area contributed by atoms with E-state index in [1.165, 1.54) is 38.8 Å². The zero-order valence-corrected chi connectivity index (χ0v) is 11.5. The number of aromatic nitrogens is 1. The van der Waals surface area contributed by atoms with Crippen molar-refractivity contribution in [3.63, 3.8) is 0 Å². The molecule has 1 atom stereocenters. The van der Waals surface area contributed by atoms with Crippen LogP contribution in [0, 0.1) is 0 Å². The van der Waals surface area contributed by atoms with Crippen molar-refractivity contribution in [2.24, 2.45) is 0 Å². The van der Waals surface area contributed by atoms with Crippen LogP contribution in [0.25, 0.3) is 0 Å². The second-order valence-electron chi connectivity index (χ2n) is 5.67. The average molecular weight is 261 g/mol. The molecule has 2 saturated heterocycles. The van der Waals surface area contributed by atoms with Gasteiger partial charge in [0.05, 0.1) is 6.61 Å². The minimum absolute atomic E-state index is 0.0731. The second-order valence-corrected chi connectivity index (χ2v) is 5.67. The fraction of sp³-hybridized carbons (Fsp3) is 0.667. The zero-order valence-electron chi connectivity index (χ0n) is 11.5. The van der Waals surface area contributed by atoms with Crippen molar-refractivity contribution in [3.8, 4) is 0 Å². The van der Waals surface area contributed by atoms with Gasteiger partial charge in [-0.05, 0) is 44.0 Å². The van der Waals surface area contributed by atoms with Gasteiger partial charge in [-0.1, -0.05) is 12.5 Å². The molecule has 0 radical (unpaired) electrons. The summed E-state index contributed by atoms with van der Waals surface area (Å²) in [6.45, 7) is 4.83. The van der Waals surface area contributed by atoms with E-state index in [2.05, 4.69) is 14.8 Å². The molecule has 0 bridgehead atoms. The van der Waals surface area contributed by atoms with E-state index in [0.29, 0.717) is 6.04 Å². The SMILES string of the molecule is OCc1ccc(N2CCC(N3CCCCC3)C2)nc1. The van der Waals surface area contributed by atoms with Gasteiger partial charge in [-0.15, -0.1) is 0 Å². The summed E-state index contributed by atoms with van der Waals surface area (Å²) >= 11 is 0. The summed E-state index contributed by atoms with van der Waals surface area (Å²) in [5.74, 6) is 1.05. The molecule has 0 saturated carbocycles. The highest BCUT2D eigenvalue weighted by molar-refractivity contribution is 5.40. The topological polar surface area (TPSA) is 39.6 Å². The number of rotatable bonds is 3. The van der Waals surface area contributed by atoms with Crippen LogP contribution in [-0.2, 0) is 6.61 Å². The molecular formula is C15H23N3O. The number of nitrogens with zero attached hydrogens (tertiary/aromatic N) is 3. The Bertz CT molecular complexity index is 400. The summed E-state index contributed by atoms with van der Waals surface area (Å²) in [5.41, 5.74) is 0.885. The summed E-state index contributed by atoms with van der Waals surface area (Å²) in [5, 5.41) is 9.05. The Hall–Kier alpha value is -1.13. The molecule has 3 heterocycles. The predicted molar refractivity (Wildman–Crippen MR) is 76.2 cm³/mol. The maximum Gasteiger partial charge on any atom is 0.128 e. The van der Waals surface area contributed by atoms with E-state index in [-0.39, 0.29) is 6.61 Å². The lowest BCUT2D eigenvalue weighted by Crippen LogP contribution is -2.40. The maximum absolute atomic E-state index is 9.05. The third-order valence-corrected chi connectivity index (χ3v) is 4.39. The maximum atomic E-state index is 9.05. The van der Waals surface area contributed by atoms with E-state index in [1.807, 2.05) is 12.1 Å². The Balaban J connectivity index is 1.61. The largest absolute Gasteiger partial charge is 0.392 e. The number of anilines is 1. The molecule has 0 spiro atoms. The molecule has 2 aliphatic heterocycles. The number of hydrogen-bond acceptors (Lipinski definition) is 4. The molecule has 0 aromatic carbocycles. The van der Waals surface area contributed by atoms with E-state index >= 15 is 0 Å². The first-order chi connectivity index (χ1) is 9.36. The fourth-order valence-electron chi connectivity index (χ4n) is 3.23. The Labute approximate surface area is 115 Å². The van der Waals surface area contributed by atoms with Crippen molar-refractivity contribution in [1.29, 1.82) is 0 Å². The van der Waals surface area contributed by atoms with Crippen molar-refractivity contribution < 1.29 is 5.11 Å². The lowest BCUT2D eigenvalue weighted by Gasteiger charge is -2.32. The van der Waals surface area contributed by atoms with E-state index in [9.17, 15) is 0 Å². The second kappa shape index (κ2) is 5.88. The summed E-state index contributed by atoms with van der Waals surface area (Å²) < 4.78 is 0. The minimum Gasteiger partial charge on any atom is -0.392 e. The van der Waals surface area contributed by atoms with Gasteiger partial charge < -0.3 is 10.0 Å².